The molecule has 72 valence electrons. The quantitative estimate of drug-likeness (QED) is 0.645. The van der Waals surface area contributed by atoms with Crippen LogP contribution in [-0.4, -0.2) is 38.6 Å². The summed E-state index contributed by atoms with van der Waals surface area (Å²) >= 11 is 0. The molecule has 12 heavy (non-hydrogen) atoms. The van der Waals surface area contributed by atoms with Gasteiger partial charge in [0.15, 0.2) is 0 Å². The maximum atomic E-state index is 11.3. The molecule has 0 amide bonds. The molecule has 0 aromatic heterocycles. The fraction of sp³-hybridized carbons (Fsp3) is 1.00. The van der Waals surface area contributed by atoms with Crippen molar-refractivity contribution in [1.82, 2.24) is 4.31 Å². The minimum Gasteiger partial charge on any atom is -0.329 e. The van der Waals surface area contributed by atoms with Crippen LogP contribution in [0.15, 0.2) is 0 Å². The van der Waals surface area contributed by atoms with Crippen molar-refractivity contribution in [3.63, 3.8) is 0 Å². The fourth-order valence-electron chi connectivity index (χ4n) is 1.08. The molecular formula is C7H16N2O2S. The predicted octanol–water partition coefficient (Wildman–Crippen LogP) is -0.383. The first-order chi connectivity index (χ1) is 5.56. The van der Waals surface area contributed by atoms with Crippen molar-refractivity contribution in [2.24, 2.45) is 11.7 Å². The maximum absolute atomic E-state index is 11.3. The van der Waals surface area contributed by atoms with E-state index in [2.05, 4.69) is 0 Å². The second kappa shape index (κ2) is 3.72. The van der Waals surface area contributed by atoms with Gasteiger partial charge in [0.2, 0.25) is 10.0 Å². The van der Waals surface area contributed by atoms with Crippen LogP contribution in [-0.2, 0) is 10.0 Å². The van der Waals surface area contributed by atoms with Crippen molar-refractivity contribution in [3.8, 4) is 0 Å². The largest absolute Gasteiger partial charge is 0.329 e. The van der Waals surface area contributed by atoms with Gasteiger partial charge in [0.05, 0.1) is 5.75 Å². The van der Waals surface area contributed by atoms with E-state index >= 15 is 0 Å². The SMILES string of the molecule is CN(CC1CC1)S(=O)(=O)CCN. The highest BCUT2D eigenvalue weighted by molar-refractivity contribution is 7.89. The van der Waals surface area contributed by atoms with Crippen LogP contribution in [0, 0.1) is 5.92 Å². The predicted molar refractivity (Wildman–Crippen MR) is 48.2 cm³/mol. The molecule has 0 radical (unpaired) electrons. The van der Waals surface area contributed by atoms with E-state index in [1.807, 2.05) is 0 Å². The fourth-order valence-corrected chi connectivity index (χ4v) is 2.13. The molecule has 0 heterocycles. The van der Waals surface area contributed by atoms with Crippen molar-refractivity contribution >= 4 is 10.0 Å². The molecule has 1 rings (SSSR count). The molecule has 0 unspecified atom stereocenters. The lowest BCUT2D eigenvalue weighted by molar-refractivity contribution is 0.453. The summed E-state index contributed by atoms with van der Waals surface area (Å²) in [6.45, 7) is 0.875. The van der Waals surface area contributed by atoms with E-state index < -0.39 is 10.0 Å². The third-order valence-electron chi connectivity index (χ3n) is 2.06. The Labute approximate surface area is 73.8 Å². The number of hydrogen-bond acceptors (Lipinski definition) is 3. The van der Waals surface area contributed by atoms with E-state index in [-0.39, 0.29) is 12.3 Å². The Balaban J connectivity index is 2.42. The van der Waals surface area contributed by atoms with Gasteiger partial charge < -0.3 is 5.73 Å². The van der Waals surface area contributed by atoms with Crippen LogP contribution in [0.3, 0.4) is 0 Å². The zero-order valence-corrected chi connectivity index (χ0v) is 8.18. The number of nitrogens with zero attached hydrogens (tertiary/aromatic N) is 1. The zero-order chi connectivity index (χ0) is 9.19. The average Bonchev–Trinajstić information content (AvgIpc) is 2.71. The molecule has 0 aromatic carbocycles. The molecule has 1 aliphatic carbocycles. The maximum Gasteiger partial charge on any atom is 0.215 e. The van der Waals surface area contributed by atoms with Gasteiger partial charge in [-0.2, -0.15) is 0 Å². The Morgan fingerprint density at radius 3 is 2.50 bits per heavy atom. The summed E-state index contributed by atoms with van der Waals surface area (Å²) in [6, 6.07) is 0. The summed E-state index contributed by atoms with van der Waals surface area (Å²) in [4.78, 5) is 0. The number of hydrogen-bond donors (Lipinski definition) is 1. The van der Waals surface area contributed by atoms with Crippen molar-refractivity contribution in [1.29, 1.82) is 0 Å². The van der Waals surface area contributed by atoms with Crippen LogP contribution >= 0.6 is 0 Å². The minimum absolute atomic E-state index is 0.0657. The molecule has 5 heteroatoms. The van der Waals surface area contributed by atoms with E-state index in [0.717, 1.165) is 0 Å². The standard InChI is InChI=1S/C7H16N2O2S/c1-9(6-7-2-3-7)12(10,11)5-4-8/h7H,2-6,8H2,1H3. The van der Waals surface area contributed by atoms with E-state index in [0.29, 0.717) is 12.5 Å². The summed E-state index contributed by atoms with van der Waals surface area (Å²) in [5.41, 5.74) is 5.19. The first kappa shape index (κ1) is 9.95. The third-order valence-corrected chi connectivity index (χ3v) is 3.91. The van der Waals surface area contributed by atoms with Crippen molar-refractivity contribution in [2.45, 2.75) is 12.8 Å². The molecule has 4 nitrogen and oxygen atoms in total. The van der Waals surface area contributed by atoms with Gasteiger partial charge >= 0.3 is 0 Å². The van der Waals surface area contributed by atoms with Gasteiger partial charge in [-0.3, -0.25) is 0 Å². The third kappa shape index (κ3) is 2.73. The summed E-state index contributed by atoms with van der Waals surface area (Å²) < 4.78 is 24.1. The van der Waals surface area contributed by atoms with Gasteiger partial charge in [0.25, 0.3) is 0 Å². The summed E-state index contributed by atoms with van der Waals surface area (Å²) in [6.07, 6.45) is 2.34. The summed E-state index contributed by atoms with van der Waals surface area (Å²) in [7, 11) is -1.43. The monoisotopic (exact) mass is 192 g/mol. The molecule has 1 fully saturated rings. The molecular weight excluding hydrogens is 176 g/mol. The number of nitrogens with two attached hydrogens (primary N) is 1. The molecule has 0 saturated heterocycles. The Bertz CT molecular complexity index is 234. The second-order valence-corrected chi connectivity index (χ2v) is 5.52. The smallest absolute Gasteiger partial charge is 0.215 e. The van der Waals surface area contributed by atoms with Gasteiger partial charge in [0, 0.05) is 20.1 Å². The number of rotatable bonds is 5. The lowest BCUT2D eigenvalue weighted by Gasteiger charge is -2.15. The summed E-state index contributed by atoms with van der Waals surface area (Å²) in [5.74, 6) is 0.665. The molecule has 0 atom stereocenters. The minimum atomic E-state index is -3.06. The van der Waals surface area contributed by atoms with E-state index in [9.17, 15) is 8.42 Å². The normalized spacial score (nSPS) is 18.6. The van der Waals surface area contributed by atoms with Crippen LogP contribution in [0.5, 0.6) is 0 Å². The number of sulfonamides is 1. The highest BCUT2D eigenvalue weighted by atomic mass is 32.2. The molecule has 0 spiro atoms. The molecule has 0 aliphatic heterocycles. The van der Waals surface area contributed by atoms with E-state index in [4.69, 9.17) is 5.73 Å². The topological polar surface area (TPSA) is 63.4 Å². The lowest BCUT2D eigenvalue weighted by Crippen LogP contribution is -2.33. The van der Waals surface area contributed by atoms with Gasteiger partial charge in [-0.15, -0.1) is 0 Å². The first-order valence-corrected chi connectivity index (χ1v) is 5.81. The van der Waals surface area contributed by atoms with Crippen LogP contribution in [0.25, 0.3) is 0 Å². The van der Waals surface area contributed by atoms with Crippen LogP contribution in [0.4, 0.5) is 0 Å². The van der Waals surface area contributed by atoms with Crippen LogP contribution < -0.4 is 5.73 Å². The van der Waals surface area contributed by atoms with Crippen molar-refractivity contribution in [2.75, 3.05) is 25.9 Å². The molecule has 0 bridgehead atoms. The van der Waals surface area contributed by atoms with Gasteiger partial charge in [-0.25, -0.2) is 12.7 Å². The average molecular weight is 192 g/mol. The second-order valence-electron chi connectivity index (χ2n) is 3.33. The van der Waals surface area contributed by atoms with Crippen molar-refractivity contribution in [3.05, 3.63) is 0 Å². The van der Waals surface area contributed by atoms with E-state index in [1.165, 1.54) is 17.1 Å². The molecule has 0 aromatic rings. The highest BCUT2D eigenvalue weighted by Crippen LogP contribution is 2.29. The molecule has 1 saturated carbocycles. The Kier molecular flexibility index (Phi) is 3.09. The zero-order valence-electron chi connectivity index (χ0n) is 7.36. The van der Waals surface area contributed by atoms with Gasteiger partial charge in [-0.05, 0) is 18.8 Å². The molecule has 1 aliphatic rings. The Hall–Kier alpha value is -0.130. The van der Waals surface area contributed by atoms with Crippen LogP contribution in [0.2, 0.25) is 0 Å². The lowest BCUT2D eigenvalue weighted by atomic mass is 10.4. The van der Waals surface area contributed by atoms with Crippen LogP contribution in [0.1, 0.15) is 12.8 Å². The molecule has 2 N–H and O–H groups in total. The van der Waals surface area contributed by atoms with Gasteiger partial charge in [-0.1, -0.05) is 0 Å². The Morgan fingerprint density at radius 1 is 1.50 bits per heavy atom. The van der Waals surface area contributed by atoms with Gasteiger partial charge in [0.1, 0.15) is 0 Å². The van der Waals surface area contributed by atoms with E-state index in [1.54, 1.807) is 7.05 Å². The first-order valence-electron chi connectivity index (χ1n) is 4.20. The Morgan fingerprint density at radius 2 is 2.08 bits per heavy atom. The van der Waals surface area contributed by atoms with Crippen molar-refractivity contribution < 1.29 is 8.42 Å². The summed E-state index contributed by atoms with van der Waals surface area (Å²) in [5, 5.41) is 0. The highest BCUT2D eigenvalue weighted by Gasteiger charge is 2.27.